The molecule has 2 rings (SSSR count). The highest BCUT2D eigenvalue weighted by Crippen LogP contribution is 2.33. The van der Waals surface area contributed by atoms with Crippen LogP contribution in [-0.4, -0.2) is 42.0 Å². The zero-order valence-corrected chi connectivity index (χ0v) is 12.0. The first-order valence-corrected chi connectivity index (χ1v) is 6.97. The number of hydrogen-bond acceptors (Lipinski definition) is 3. The molecule has 0 bridgehead atoms. The average Bonchev–Trinajstić information content (AvgIpc) is 3.00. The molecule has 1 N–H and O–H groups in total. The second-order valence-corrected chi connectivity index (χ2v) is 5.37. The summed E-state index contributed by atoms with van der Waals surface area (Å²) in [4.78, 5) is 25.2. The van der Waals surface area contributed by atoms with E-state index in [4.69, 9.17) is 4.42 Å². The molecule has 0 unspecified atom stereocenters. The summed E-state index contributed by atoms with van der Waals surface area (Å²) in [5, 5.41) is 2.46. The van der Waals surface area contributed by atoms with Gasteiger partial charge >= 0.3 is 6.18 Å². The molecule has 1 aromatic rings. The third-order valence-corrected chi connectivity index (χ3v) is 3.70. The first-order valence-electron chi connectivity index (χ1n) is 6.97. The summed E-state index contributed by atoms with van der Waals surface area (Å²) < 4.78 is 43.0. The maximum Gasteiger partial charge on any atom is 0.393 e. The Bertz CT molecular complexity index is 528. The molecule has 2 heterocycles. The van der Waals surface area contributed by atoms with E-state index in [0.717, 1.165) is 0 Å². The molecule has 5 nitrogen and oxygen atoms in total. The van der Waals surface area contributed by atoms with E-state index in [2.05, 4.69) is 5.32 Å². The number of nitrogens with one attached hydrogen (secondary N) is 1. The van der Waals surface area contributed by atoms with Gasteiger partial charge in [-0.3, -0.25) is 9.59 Å². The van der Waals surface area contributed by atoms with Crippen molar-refractivity contribution in [3.63, 3.8) is 0 Å². The summed E-state index contributed by atoms with van der Waals surface area (Å²) in [6.45, 7) is 1.38. The lowest BCUT2D eigenvalue weighted by molar-refractivity contribution is -0.188. The smallest absolute Gasteiger partial charge is 0.393 e. The van der Waals surface area contributed by atoms with Gasteiger partial charge in [-0.2, -0.15) is 13.2 Å². The quantitative estimate of drug-likeness (QED) is 0.929. The first-order chi connectivity index (χ1) is 10.3. The van der Waals surface area contributed by atoms with Crippen molar-refractivity contribution in [3.8, 4) is 0 Å². The molecule has 0 aliphatic carbocycles. The van der Waals surface area contributed by atoms with Gasteiger partial charge in [0.2, 0.25) is 5.91 Å². The lowest BCUT2D eigenvalue weighted by Gasteiger charge is -2.35. The van der Waals surface area contributed by atoms with E-state index < -0.39 is 30.0 Å². The molecular weight excluding hydrogens is 301 g/mol. The highest BCUT2D eigenvalue weighted by atomic mass is 19.4. The summed E-state index contributed by atoms with van der Waals surface area (Å²) in [7, 11) is 0. The molecule has 0 saturated carbocycles. The molecule has 0 radical (unpaired) electrons. The molecule has 2 atom stereocenters. The predicted octanol–water partition coefficient (Wildman–Crippen LogP) is 2.20. The number of amides is 2. The van der Waals surface area contributed by atoms with Crippen molar-refractivity contribution < 1.29 is 27.2 Å². The third-order valence-electron chi connectivity index (χ3n) is 3.70. The van der Waals surface area contributed by atoms with E-state index in [0.29, 0.717) is 6.42 Å². The normalized spacial score (nSPS) is 20.5. The fourth-order valence-electron chi connectivity index (χ4n) is 2.45. The lowest BCUT2D eigenvalue weighted by atomic mass is 9.97. The van der Waals surface area contributed by atoms with Gasteiger partial charge < -0.3 is 14.6 Å². The molecular formula is C14H17F3N2O3. The summed E-state index contributed by atoms with van der Waals surface area (Å²) in [6, 6.07) is 0.544. The molecule has 1 aliphatic rings. The van der Waals surface area contributed by atoms with Crippen LogP contribution in [0.15, 0.2) is 23.0 Å². The van der Waals surface area contributed by atoms with Crippen LogP contribution in [0.3, 0.4) is 0 Å². The van der Waals surface area contributed by atoms with E-state index in [9.17, 15) is 22.8 Å². The molecule has 8 heteroatoms. The second kappa shape index (κ2) is 6.41. The van der Waals surface area contributed by atoms with Gasteiger partial charge in [0.25, 0.3) is 5.91 Å². The molecule has 1 aromatic heterocycles. The molecule has 22 heavy (non-hydrogen) atoms. The fraction of sp³-hybridized carbons (Fsp3) is 0.571. The number of likely N-dealkylation sites (tertiary alicyclic amines) is 1. The van der Waals surface area contributed by atoms with Gasteiger partial charge in [-0.05, 0) is 25.8 Å². The van der Waals surface area contributed by atoms with Crippen molar-refractivity contribution in [3.05, 3.63) is 24.2 Å². The van der Waals surface area contributed by atoms with Crippen LogP contribution in [-0.2, 0) is 4.79 Å². The Morgan fingerprint density at radius 2 is 2.18 bits per heavy atom. The van der Waals surface area contributed by atoms with E-state index >= 15 is 0 Å². The monoisotopic (exact) mass is 318 g/mol. The van der Waals surface area contributed by atoms with Crippen molar-refractivity contribution in [2.45, 2.75) is 32.0 Å². The Morgan fingerprint density at radius 1 is 1.45 bits per heavy atom. The van der Waals surface area contributed by atoms with Crippen molar-refractivity contribution in [1.29, 1.82) is 0 Å². The Hall–Kier alpha value is -1.99. The maximum absolute atomic E-state index is 12.8. The Kier molecular flexibility index (Phi) is 4.77. The maximum atomic E-state index is 12.8. The van der Waals surface area contributed by atoms with E-state index in [-0.39, 0.29) is 25.1 Å². The summed E-state index contributed by atoms with van der Waals surface area (Å²) in [5.41, 5.74) is 0.256. The number of rotatable bonds is 3. The van der Waals surface area contributed by atoms with Gasteiger partial charge in [-0.1, -0.05) is 0 Å². The summed E-state index contributed by atoms with van der Waals surface area (Å²) in [6.07, 6.45) is -1.42. The minimum Gasteiger partial charge on any atom is -0.472 e. The van der Waals surface area contributed by atoms with Crippen molar-refractivity contribution in [2.24, 2.45) is 5.92 Å². The molecule has 0 aromatic carbocycles. The van der Waals surface area contributed by atoms with Crippen LogP contribution in [0.5, 0.6) is 0 Å². The first kappa shape index (κ1) is 16.4. The number of carbonyl (C=O) groups is 2. The number of alkyl halides is 3. The summed E-state index contributed by atoms with van der Waals surface area (Å²) in [5.74, 6) is -2.51. The molecule has 2 amide bonds. The Morgan fingerprint density at radius 3 is 2.77 bits per heavy atom. The van der Waals surface area contributed by atoms with E-state index in [1.54, 1.807) is 0 Å². The molecule has 0 spiro atoms. The summed E-state index contributed by atoms with van der Waals surface area (Å²) >= 11 is 0. The minimum absolute atomic E-state index is 0.0308. The molecule has 1 saturated heterocycles. The van der Waals surface area contributed by atoms with Gasteiger partial charge in [0, 0.05) is 13.1 Å². The third kappa shape index (κ3) is 3.80. The van der Waals surface area contributed by atoms with Crippen LogP contribution in [0.2, 0.25) is 0 Å². The van der Waals surface area contributed by atoms with Crippen LogP contribution in [0.1, 0.15) is 30.1 Å². The van der Waals surface area contributed by atoms with E-state index in [1.807, 2.05) is 0 Å². The van der Waals surface area contributed by atoms with Gasteiger partial charge in [0.1, 0.15) is 12.3 Å². The predicted molar refractivity (Wildman–Crippen MR) is 71.0 cm³/mol. The van der Waals surface area contributed by atoms with Crippen LogP contribution < -0.4 is 5.32 Å². The second-order valence-electron chi connectivity index (χ2n) is 5.37. The number of nitrogens with zero attached hydrogens (tertiary/aromatic N) is 1. The Labute approximate surface area is 125 Å². The largest absolute Gasteiger partial charge is 0.472 e. The number of hydrogen-bond donors (Lipinski definition) is 1. The van der Waals surface area contributed by atoms with Crippen LogP contribution in [0.4, 0.5) is 13.2 Å². The zero-order chi connectivity index (χ0) is 16.3. The fourth-order valence-corrected chi connectivity index (χ4v) is 2.45. The van der Waals surface area contributed by atoms with Crippen LogP contribution in [0, 0.1) is 5.92 Å². The van der Waals surface area contributed by atoms with Crippen molar-refractivity contribution in [1.82, 2.24) is 10.2 Å². The van der Waals surface area contributed by atoms with Crippen molar-refractivity contribution >= 4 is 11.8 Å². The minimum atomic E-state index is -4.30. The van der Waals surface area contributed by atoms with Crippen LogP contribution >= 0.6 is 0 Å². The van der Waals surface area contributed by atoms with Gasteiger partial charge in [-0.25, -0.2) is 0 Å². The zero-order valence-electron chi connectivity index (χ0n) is 12.0. The van der Waals surface area contributed by atoms with Gasteiger partial charge in [-0.15, -0.1) is 0 Å². The topological polar surface area (TPSA) is 62.6 Å². The SMILES string of the molecule is C[C@@H](NC(=O)c1ccoc1)C(=O)N1CCC[C@H](C(F)(F)F)C1. The molecule has 1 fully saturated rings. The van der Waals surface area contributed by atoms with Crippen LogP contribution in [0.25, 0.3) is 0 Å². The lowest BCUT2D eigenvalue weighted by Crippen LogP contribution is -2.51. The van der Waals surface area contributed by atoms with E-state index in [1.165, 1.54) is 30.4 Å². The molecule has 122 valence electrons. The van der Waals surface area contributed by atoms with Crippen molar-refractivity contribution in [2.75, 3.05) is 13.1 Å². The highest BCUT2D eigenvalue weighted by molar-refractivity contribution is 5.97. The average molecular weight is 318 g/mol. The highest BCUT2D eigenvalue weighted by Gasteiger charge is 2.43. The standard InChI is InChI=1S/C14H17F3N2O3/c1-9(18-12(20)10-4-6-22-8-10)13(21)19-5-2-3-11(7-19)14(15,16)17/h4,6,8-9,11H,2-3,5,7H2,1H3,(H,18,20)/t9-,11+/m1/s1. The Balaban J connectivity index is 1.94. The number of halogens is 3. The number of piperidine rings is 1. The van der Waals surface area contributed by atoms with Gasteiger partial charge in [0.15, 0.2) is 0 Å². The number of carbonyl (C=O) groups excluding carboxylic acids is 2. The molecule has 1 aliphatic heterocycles. The number of furan rings is 1. The van der Waals surface area contributed by atoms with Gasteiger partial charge in [0.05, 0.1) is 17.7 Å².